The molecule has 15 heavy (non-hydrogen) atoms. The Balaban J connectivity index is 1.83. The fourth-order valence-corrected chi connectivity index (χ4v) is 1.40. The van der Waals surface area contributed by atoms with Crippen molar-refractivity contribution in [2.75, 3.05) is 0 Å². The lowest BCUT2D eigenvalue weighted by atomic mass is 10.5. The van der Waals surface area contributed by atoms with E-state index in [2.05, 4.69) is 37.0 Å². The molecule has 0 saturated heterocycles. The molecule has 2 heterocycles. The number of aryl methyl sites for hydroxylation is 1. The first kappa shape index (κ1) is 9.85. The van der Waals surface area contributed by atoms with E-state index in [-0.39, 0.29) is 0 Å². The first-order chi connectivity index (χ1) is 7.40. The highest BCUT2D eigenvalue weighted by molar-refractivity contribution is 4.92. The normalized spacial score (nSPS) is 10.7. The zero-order valence-electron chi connectivity index (χ0n) is 8.64. The van der Waals surface area contributed by atoms with Crippen LogP contribution in [0.15, 0.2) is 18.7 Å². The number of aromatic nitrogens is 5. The summed E-state index contributed by atoms with van der Waals surface area (Å²) in [5.41, 5.74) is 0. The van der Waals surface area contributed by atoms with Gasteiger partial charge in [-0.2, -0.15) is 5.10 Å². The van der Waals surface area contributed by atoms with E-state index in [0.717, 1.165) is 24.7 Å². The van der Waals surface area contributed by atoms with Crippen LogP contribution in [0.4, 0.5) is 0 Å². The summed E-state index contributed by atoms with van der Waals surface area (Å²) in [6.07, 6.45) is 5.30. The molecule has 0 aliphatic heterocycles. The number of imidazole rings is 1. The molecule has 6 heteroatoms. The predicted octanol–water partition coefficient (Wildman–Crippen LogP) is 0.311. The average Bonchev–Trinajstić information content (AvgIpc) is 2.88. The zero-order chi connectivity index (χ0) is 10.5. The summed E-state index contributed by atoms with van der Waals surface area (Å²) in [6, 6.07) is 0. The minimum absolute atomic E-state index is 0.677. The smallest absolute Gasteiger partial charge is 0.138 e. The van der Waals surface area contributed by atoms with E-state index >= 15 is 0 Å². The van der Waals surface area contributed by atoms with Crippen molar-refractivity contribution >= 4 is 0 Å². The molecule has 0 bridgehead atoms. The van der Waals surface area contributed by atoms with Crippen molar-refractivity contribution < 1.29 is 0 Å². The monoisotopic (exact) mass is 206 g/mol. The summed E-state index contributed by atoms with van der Waals surface area (Å²) in [5.74, 6) is 1.88. The fraction of sp³-hybridized carbons (Fsp3) is 0.444. The number of nitrogens with one attached hydrogen (secondary N) is 2. The number of rotatable bonds is 5. The maximum Gasteiger partial charge on any atom is 0.138 e. The molecule has 2 aromatic heterocycles. The maximum absolute atomic E-state index is 4.26. The molecule has 0 saturated carbocycles. The van der Waals surface area contributed by atoms with E-state index in [0.29, 0.717) is 6.54 Å². The van der Waals surface area contributed by atoms with Gasteiger partial charge in [0.25, 0.3) is 0 Å². The van der Waals surface area contributed by atoms with Crippen molar-refractivity contribution in [3.63, 3.8) is 0 Å². The van der Waals surface area contributed by atoms with Crippen molar-refractivity contribution in [2.45, 2.75) is 26.6 Å². The second-order valence-electron chi connectivity index (χ2n) is 3.17. The summed E-state index contributed by atoms with van der Waals surface area (Å²) in [5, 5.41) is 9.82. The number of aromatic amines is 1. The summed E-state index contributed by atoms with van der Waals surface area (Å²) in [7, 11) is 0. The topological polar surface area (TPSA) is 71.4 Å². The van der Waals surface area contributed by atoms with Gasteiger partial charge in [0.1, 0.15) is 18.0 Å². The molecule has 0 spiro atoms. The van der Waals surface area contributed by atoms with Crippen molar-refractivity contribution in [2.24, 2.45) is 0 Å². The lowest BCUT2D eigenvalue weighted by Gasteiger charge is -2.04. The van der Waals surface area contributed by atoms with Crippen LogP contribution in [-0.4, -0.2) is 24.7 Å². The maximum atomic E-state index is 4.26. The van der Waals surface area contributed by atoms with E-state index in [9.17, 15) is 0 Å². The molecular weight excluding hydrogens is 192 g/mol. The number of hydrogen-bond donors (Lipinski definition) is 2. The average molecular weight is 206 g/mol. The molecule has 0 unspecified atom stereocenters. The van der Waals surface area contributed by atoms with Gasteiger partial charge in [0, 0.05) is 18.9 Å². The second kappa shape index (κ2) is 4.70. The van der Waals surface area contributed by atoms with Crippen LogP contribution >= 0.6 is 0 Å². The molecule has 0 atom stereocenters. The molecule has 0 aromatic carbocycles. The van der Waals surface area contributed by atoms with Crippen LogP contribution in [-0.2, 0) is 19.6 Å². The molecule has 80 valence electrons. The Morgan fingerprint density at radius 1 is 1.40 bits per heavy atom. The SMILES string of the molecule is CCn1ccnc1CNCc1ncn[nH]1. The van der Waals surface area contributed by atoms with Crippen LogP contribution < -0.4 is 5.32 Å². The van der Waals surface area contributed by atoms with Gasteiger partial charge in [0.05, 0.1) is 13.1 Å². The minimum atomic E-state index is 0.677. The van der Waals surface area contributed by atoms with E-state index in [1.807, 2.05) is 12.4 Å². The lowest BCUT2D eigenvalue weighted by molar-refractivity contribution is 0.600. The van der Waals surface area contributed by atoms with Gasteiger partial charge in [0.2, 0.25) is 0 Å². The van der Waals surface area contributed by atoms with Crippen molar-refractivity contribution in [1.82, 2.24) is 30.0 Å². The standard InChI is InChI=1S/C9H14N6/c1-2-15-4-3-11-9(15)6-10-5-8-12-7-13-14-8/h3-4,7,10H,2,5-6H2,1H3,(H,12,13,14). The van der Waals surface area contributed by atoms with Crippen LogP contribution in [0.25, 0.3) is 0 Å². The Hall–Kier alpha value is -1.69. The molecule has 2 rings (SSSR count). The molecule has 0 amide bonds. The van der Waals surface area contributed by atoms with Crippen LogP contribution in [0, 0.1) is 0 Å². The molecule has 0 aliphatic carbocycles. The van der Waals surface area contributed by atoms with E-state index in [4.69, 9.17) is 0 Å². The summed E-state index contributed by atoms with van der Waals surface area (Å²) in [4.78, 5) is 8.28. The van der Waals surface area contributed by atoms with Crippen LogP contribution in [0.5, 0.6) is 0 Å². The van der Waals surface area contributed by atoms with Gasteiger partial charge in [-0.05, 0) is 6.92 Å². The van der Waals surface area contributed by atoms with Gasteiger partial charge in [-0.15, -0.1) is 0 Å². The third-order valence-electron chi connectivity index (χ3n) is 2.18. The molecule has 0 aliphatic rings. The number of hydrogen-bond acceptors (Lipinski definition) is 4. The first-order valence-electron chi connectivity index (χ1n) is 4.95. The summed E-state index contributed by atoms with van der Waals surface area (Å²) >= 11 is 0. The quantitative estimate of drug-likeness (QED) is 0.738. The third kappa shape index (κ3) is 2.41. The predicted molar refractivity (Wildman–Crippen MR) is 54.8 cm³/mol. The van der Waals surface area contributed by atoms with Gasteiger partial charge < -0.3 is 9.88 Å². The highest BCUT2D eigenvalue weighted by Crippen LogP contribution is 1.97. The Morgan fingerprint density at radius 3 is 3.07 bits per heavy atom. The van der Waals surface area contributed by atoms with Gasteiger partial charge in [-0.25, -0.2) is 9.97 Å². The van der Waals surface area contributed by atoms with Crippen LogP contribution in [0.2, 0.25) is 0 Å². The molecular formula is C9H14N6. The van der Waals surface area contributed by atoms with E-state index < -0.39 is 0 Å². The molecule has 2 N–H and O–H groups in total. The van der Waals surface area contributed by atoms with Crippen molar-refractivity contribution in [3.8, 4) is 0 Å². The second-order valence-corrected chi connectivity index (χ2v) is 3.17. The van der Waals surface area contributed by atoms with Gasteiger partial charge in [0.15, 0.2) is 0 Å². The van der Waals surface area contributed by atoms with E-state index in [1.54, 1.807) is 0 Å². The fourth-order valence-electron chi connectivity index (χ4n) is 1.40. The van der Waals surface area contributed by atoms with Crippen molar-refractivity contribution in [1.29, 1.82) is 0 Å². The van der Waals surface area contributed by atoms with Crippen LogP contribution in [0.3, 0.4) is 0 Å². The Labute approximate surface area is 87.8 Å². The number of nitrogens with zero attached hydrogens (tertiary/aromatic N) is 4. The molecule has 2 aromatic rings. The molecule has 6 nitrogen and oxygen atoms in total. The molecule has 0 fully saturated rings. The third-order valence-corrected chi connectivity index (χ3v) is 2.18. The van der Waals surface area contributed by atoms with Gasteiger partial charge in [-0.1, -0.05) is 0 Å². The van der Waals surface area contributed by atoms with Crippen LogP contribution in [0.1, 0.15) is 18.6 Å². The summed E-state index contributed by atoms with van der Waals surface area (Å²) < 4.78 is 2.10. The highest BCUT2D eigenvalue weighted by atomic mass is 15.2. The lowest BCUT2D eigenvalue weighted by Crippen LogP contribution is -2.17. The number of H-pyrrole nitrogens is 1. The van der Waals surface area contributed by atoms with Gasteiger partial charge in [-0.3, -0.25) is 5.10 Å². The van der Waals surface area contributed by atoms with Crippen molar-refractivity contribution in [3.05, 3.63) is 30.4 Å². The van der Waals surface area contributed by atoms with Gasteiger partial charge >= 0.3 is 0 Å². The highest BCUT2D eigenvalue weighted by Gasteiger charge is 2.00. The minimum Gasteiger partial charge on any atom is -0.334 e. The Kier molecular flexibility index (Phi) is 3.08. The largest absolute Gasteiger partial charge is 0.334 e. The zero-order valence-corrected chi connectivity index (χ0v) is 8.64. The summed E-state index contributed by atoms with van der Waals surface area (Å²) in [6.45, 7) is 4.46. The molecule has 0 radical (unpaired) electrons. The first-order valence-corrected chi connectivity index (χ1v) is 4.95. The van der Waals surface area contributed by atoms with E-state index in [1.165, 1.54) is 6.33 Å². The Bertz CT molecular complexity index is 390. The Morgan fingerprint density at radius 2 is 2.33 bits per heavy atom.